The highest BCUT2D eigenvalue weighted by atomic mass is 19.1. The van der Waals surface area contributed by atoms with Crippen LogP contribution in [0.3, 0.4) is 0 Å². The summed E-state index contributed by atoms with van der Waals surface area (Å²) in [6.45, 7) is -0.621. The first kappa shape index (κ1) is 17.3. The van der Waals surface area contributed by atoms with Gasteiger partial charge in [0, 0.05) is 6.07 Å². The summed E-state index contributed by atoms with van der Waals surface area (Å²) in [5, 5.41) is 9.76. The second-order valence-electron chi connectivity index (χ2n) is 4.73. The molecule has 0 amide bonds. The molecule has 7 heteroatoms. The molecule has 0 fully saturated rings. The summed E-state index contributed by atoms with van der Waals surface area (Å²) in [5.74, 6) is -1.94. The molecule has 0 heterocycles. The third-order valence-corrected chi connectivity index (χ3v) is 3.22. The zero-order valence-corrected chi connectivity index (χ0v) is 13.0. The zero-order chi connectivity index (χ0) is 17.7. The Morgan fingerprint density at radius 1 is 1.04 bits per heavy atom. The Bertz CT molecular complexity index is 772. The average Bonchev–Trinajstić information content (AvgIpc) is 2.59. The SMILES string of the molecule is COc1ccc(C(=O)OCC(=O)c2cc(F)ccc2OC)c(O)c1. The number of carbonyl (C=O) groups is 2. The fourth-order valence-electron chi connectivity index (χ4n) is 2.00. The first-order chi connectivity index (χ1) is 11.5. The van der Waals surface area contributed by atoms with Gasteiger partial charge < -0.3 is 19.3 Å². The van der Waals surface area contributed by atoms with E-state index in [0.717, 1.165) is 12.1 Å². The van der Waals surface area contributed by atoms with E-state index in [-0.39, 0.29) is 22.6 Å². The minimum absolute atomic E-state index is 0.0377. The van der Waals surface area contributed by atoms with E-state index in [4.69, 9.17) is 14.2 Å². The molecule has 0 aliphatic carbocycles. The van der Waals surface area contributed by atoms with Gasteiger partial charge in [-0.1, -0.05) is 0 Å². The lowest BCUT2D eigenvalue weighted by atomic mass is 10.1. The lowest BCUT2D eigenvalue weighted by Gasteiger charge is -2.09. The van der Waals surface area contributed by atoms with Crippen molar-refractivity contribution in [2.24, 2.45) is 0 Å². The third kappa shape index (κ3) is 3.81. The first-order valence-electron chi connectivity index (χ1n) is 6.87. The number of hydrogen-bond donors (Lipinski definition) is 1. The quantitative estimate of drug-likeness (QED) is 0.646. The lowest BCUT2D eigenvalue weighted by Crippen LogP contribution is -2.15. The summed E-state index contributed by atoms with van der Waals surface area (Å²) in [5.41, 5.74) is -0.154. The number of benzene rings is 2. The fourth-order valence-corrected chi connectivity index (χ4v) is 2.00. The van der Waals surface area contributed by atoms with Crippen molar-refractivity contribution in [1.29, 1.82) is 0 Å². The second kappa shape index (κ2) is 7.45. The van der Waals surface area contributed by atoms with Gasteiger partial charge in [-0.25, -0.2) is 9.18 Å². The molecule has 0 saturated heterocycles. The van der Waals surface area contributed by atoms with Crippen molar-refractivity contribution in [3.8, 4) is 17.2 Å². The molecule has 2 rings (SSSR count). The number of phenolic OH excluding ortho intramolecular Hbond substituents is 1. The van der Waals surface area contributed by atoms with Gasteiger partial charge in [0.1, 0.15) is 28.6 Å². The number of esters is 1. The molecular weight excluding hydrogens is 319 g/mol. The highest BCUT2D eigenvalue weighted by Gasteiger charge is 2.18. The minimum atomic E-state index is -0.890. The highest BCUT2D eigenvalue weighted by molar-refractivity contribution is 6.01. The Kier molecular flexibility index (Phi) is 5.36. The van der Waals surface area contributed by atoms with Crippen LogP contribution >= 0.6 is 0 Å². The van der Waals surface area contributed by atoms with Gasteiger partial charge in [0.2, 0.25) is 5.78 Å². The van der Waals surface area contributed by atoms with Crippen molar-refractivity contribution < 1.29 is 33.3 Å². The van der Waals surface area contributed by atoms with Crippen LogP contribution in [0.4, 0.5) is 4.39 Å². The van der Waals surface area contributed by atoms with Gasteiger partial charge in [-0.15, -0.1) is 0 Å². The Morgan fingerprint density at radius 2 is 1.79 bits per heavy atom. The van der Waals surface area contributed by atoms with E-state index in [9.17, 15) is 19.1 Å². The van der Waals surface area contributed by atoms with E-state index in [1.54, 1.807) is 0 Å². The molecule has 0 spiro atoms. The average molecular weight is 334 g/mol. The fraction of sp³-hybridized carbons (Fsp3) is 0.176. The van der Waals surface area contributed by atoms with Crippen LogP contribution in [0.2, 0.25) is 0 Å². The van der Waals surface area contributed by atoms with Crippen molar-refractivity contribution >= 4 is 11.8 Å². The summed E-state index contributed by atoms with van der Waals surface area (Å²) in [6.07, 6.45) is 0. The summed E-state index contributed by atoms with van der Waals surface area (Å²) in [6, 6.07) is 7.47. The molecule has 6 nitrogen and oxygen atoms in total. The number of rotatable bonds is 6. The number of ketones is 1. The largest absolute Gasteiger partial charge is 0.507 e. The van der Waals surface area contributed by atoms with Gasteiger partial charge >= 0.3 is 5.97 Å². The van der Waals surface area contributed by atoms with Crippen molar-refractivity contribution in [3.05, 3.63) is 53.3 Å². The summed E-state index contributed by atoms with van der Waals surface area (Å²) >= 11 is 0. The number of ether oxygens (including phenoxy) is 3. The van der Waals surface area contributed by atoms with E-state index in [2.05, 4.69) is 0 Å². The smallest absolute Gasteiger partial charge is 0.342 e. The van der Waals surface area contributed by atoms with Gasteiger partial charge in [0.15, 0.2) is 6.61 Å². The van der Waals surface area contributed by atoms with Crippen molar-refractivity contribution in [2.75, 3.05) is 20.8 Å². The molecule has 1 N–H and O–H groups in total. The number of phenols is 1. The predicted molar refractivity (Wildman–Crippen MR) is 82.2 cm³/mol. The number of hydrogen-bond acceptors (Lipinski definition) is 6. The van der Waals surface area contributed by atoms with E-state index < -0.39 is 24.2 Å². The predicted octanol–water partition coefficient (Wildman–Crippen LogP) is 2.59. The molecular formula is C17H15FO6. The molecule has 0 radical (unpaired) electrons. The molecule has 0 aliphatic rings. The molecule has 0 bridgehead atoms. The summed E-state index contributed by atoms with van der Waals surface area (Å²) < 4.78 is 28.0. The Labute approximate surface area is 137 Å². The van der Waals surface area contributed by atoms with Crippen LogP contribution in [-0.4, -0.2) is 37.7 Å². The molecule has 0 unspecified atom stereocenters. The lowest BCUT2D eigenvalue weighted by molar-refractivity contribution is 0.0471. The Hall–Kier alpha value is -3.09. The topological polar surface area (TPSA) is 82.1 Å². The molecule has 2 aromatic carbocycles. The Balaban J connectivity index is 2.09. The number of carbonyl (C=O) groups excluding carboxylic acids is 2. The molecule has 24 heavy (non-hydrogen) atoms. The Morgan fingerprint density at radius 3 is 2.42 bits per heavy atom. The monoisotopic (exact) mass is 334 g/mol. The number of halogens is 1. The number of Topliss-reactive ketones (excluding diaryl/α,β-unsaturated/α-hetero) is 1. The standard InChI is InChI=1S/C17H15FO6/c1-22-11-4-5-12(14(19)8-11)17(21)24-9-15(20)13-7-10(18)3-6-16(13)23-2/h3-8,19H,9H2,1-2H3. The molecule has 2 aromatic rings. The van der Waals surface area contributed by atoms with Crippen LogP contribution in [-0.2, 0) is 4.74 Å². The molecule has 126 valence electrons. The van der Waals surface area contributed by atoms with Crippen LogP contribution in [0.5, 0.6) is 17.2 Å². The molecule has 0 saturated carbocycles. The number of aromatic hydroxyl groups is 1. The maximum atomic E-state index is 13.3. The van der Waals surface area contributed by atoms with Crippen LogP contribution in [0, 0.1) is 5.82 Å². The van der Waals surface area contributed by atoms with Crippen LogP contribution < -0.4 is 9.47 Å². The second-order valence-corrected chi connectivity index (χ2v) is 4.73. The van der Waals surface area contributed by atoms with Crippen molar-refractivity contribution in [1.82, 2.24) is 0 Å². The summed E-state index contributed by atoms with van der Waals surface area (Å²) in [4.78, 5) is 24.0. The van der Waals surface area contributed by atoms with E-state index in [0.29, 0.717) is 5.75 Å². The van der Waals surface area contributed by atoms with Gasteiger partial charge in [-0.2, -0.15) is 0 Å². The van der Waals surface area contributed by atoms with Gasteiger partial charge in [0.25, 0.3) is 0 Å². The molecule has 0 atom stereocenters. The van der Waals surface area contributed by atoms with E-state index in [1.807, 2.05) is 0 Å². The van der Waals surface area contributed by atoms with Gasteiger partial charge in [-0.05, 0) is 30.3 Å². The highest BCUT2D eigenvalue weighted by Crippen LogP contribution is 2.24. The molecule has 0 aliphatic heterocycles. The van der Waals surface area contributed by atoms with Crippen molar-refractivity contribution in [2.45, 2.75) is 0 Å². The number of methoxy groups -OCH3 is 2. The van der Waals surface area contributed by atoms with Crippen molar-refractivity contribution in [3.63, 3.8) is 0 Å². The normalized spacial score (nSPS) is 10.1. The molecule has 0 aromatic heterocycles. The van der Waals surface area contributed by atoms with Gasteiger partial charge in [0.05, 0.1) is 19.8 Å². The zero-order valence-electron chi connectivity index (χ0n) is 13.0. The van der Waals surface area contributed by atoms with E-state index in [1.165, 1.54) is 38.5 Å². The van der Waals surface area contributed by atoms with Gasteiger partial charge in [-0.3, -0.25) is 4.79 Å². The first-order valence-corrected chi connectivity index (χ1v) is 6.87. The van der Waals surface area contributed by atoms with Crippen LogP contribution in [0.15, 0.2) is 36.4 Å². The minimum Gasteiger partial charge on any atom is -0.507 e. The third-order valence-electron chi connectivity index (χ3n) is 3.22. The van der Waals surface area contributed by atoms with E-state index >= 15 is 0 Å². The van der Waals surface area contributed by atoms with Crippen LogP contribution in [0.25, 0.3) is 0 Å². The maximum absolute atomic E-state index is 13.3. The van der Waals surface area contributed by atoms with Crippen LogP contribution in [0.1, 0.15) is 20.7 Å². The maximum Gasteiger partial charge on any atom is 0.342 e. The summed E-state index contributed by atoms with van der Waals surface area (Å²) in [7, 11) is 2.75.